The van der Waals surface area contributed by atoms with Gasteiger partial charge < -0.3 is 15.2 Å². The van der Waals surface area contributed by atoms with Gasteiger partial charge in [-0.3, -0.25) is 4.79 Å². The van der Waals surface area contributed by atoms with Crippen LogP contribution in [0.15, 0.2) is 34.5 Å². The SMILES string of the molecule is C#CCCC1(CCC(=O)NCCOc2ccccc2O)N=N1. The van der Waals surface area contributed by atoms with Crippen molar-refractivity contribution in [2.75, 3.05) is 13.2 Å². The Morgan fingerprint density at radius 2 is 2.14 bits per heavy atom. The number of ether oxygens (including phenoxy) is 1. The molecule has 0 bridgehead atoms. The monoisotopic (exact) mass is 301 g/mol. The van der Waals surface area contributed by atoms with Crippen LogP contribution in [-0.2, 0) is 4.79 Å². The number of nitrogens with one attached hydrogen (secondary N) is 1. The second kappa shape index (κ2) is 7.46. The quantitative estimate of drug-likeness (QED) is 0.542. The minimum absolute atomic E-state index is 0.0710. The molecule has 1 aromatic rings. The normalized spacial score (nSPS) is 14.1. The average Bonchev–Trinajstić information content (AvgIpc) is 3.30. The lowest BCUT2D eigenvalue weighted by Crippen LogP contribution is -2.29. The number of carbonyl (C=O) groups excluding carboxylic acids is 1. The third-order valence-electron chi connectivity index (χ3n) is 3.35. The Morgan fingerprint density at radius 3 is 2.82 bits per heavy atom. The van der Waals surface area contributed by atoms with Crippen LogP contribution < -0.4 is 10.1 Å². The van der Waals surface area contributed by atoms with Gasteiger partial charge in [0.2, 0.25) is 5.91 Å². The van der Waals surface area contributed by atoms with E-state index in [1.807, 2.05) is 0 Å². The Labute approximate surface area is 129 Å². The van der Waals surface area contributed by atoms with Crippen LogP contribution in [0, 0.1) is 12.3 Å². The standard InChI is InChI=1S/C16H19N3O3/c1-2-3-9-16(18-19-16)10-8-15(21)17-11-12-22-14-7-5-4-6-13(14)20/h1,4-7,20H,3,8-12H2,(H,17,21). The molecule has 2 N–H and O–H groups in total. The largest absolute Gasteiger partial charge is 0.504 e. The lowest BCUT2D eigenvalue weighted by Gasteiger charge is -2.10. The van der Waals surface area contributed by atoms with Gasteiger partial charge in [0.25, 0.3) is 0 Å². The van der Waals surface area contributed by atoms with Gasteiger partial charge in [-0.2, -0.15) is 10.2 Å². The minimum Gasteiger partial charge on any atom is -0.504 e. The number of carbonyl (C=O) groups is 1. The van der Waals surface area contributed by atoms with Crippen LogP contribution in [0.4, 0.5) is 0 Å². The molecule has 116 valence electrons. The van der Waals surface area contributed by atoms with E-state index in [1.165, 1.54) is 0 Å². The summed E-state index contributed by atoms with van der Waals surface area (Å²) in [5.41, 5.74) is -0.421. The van der Waals surface area contributed by atoms with Crippen molar-refractivity contribution in [1.29, 1.82) is 0 Å². The predicted octanol–water partition coefficient (Wildman–Crippen LogP) is 2.24. The van der Waals surface area contributed by atoms with Crippen molar-refractivity contribution in [3.05, 3.63) is 24.3 Å². The first-order valence-electron chi connectivity index (χ1n) is 7.20. The Balaban J connectivity index is 1.59. The molecular formula is C16H19N3O3. The molecular weight excluding hydrogens is 282 g/mol. The number of aromatic hydroxyl groups is 1. The second-order valence-corrected chi connectivity index (χ2v) is 5.05. The number of para-hydroxylation sites is 2. The molecule has 0 saturated heterocycles. The summed E-state index contributed by atoms with van der Waals surface area (Å²) >= 11 is 0. The zero-order valence-electron chi connectivity index (χ0n) is 12.3. The smallest absolute Gasteiger partial charge is 0.220 e. The first-order valence-corrected chi connectivity index (χ1v) is 7.20. The Hall–Kier alpha value is -2.55. The highest BCUT2D eigenvalue weighted by Gasteiger charge is 2.39. The van der Waals surface area contributed by atoms with E-state index in [2.05, 4.69) is 21.5 Å². The molecule has 0 unspecified atom stereocenters. The lowest BCUT2D eigenvalue weighted by atomic mass is 10.0. The molecule has 1 aliphatic heterocycles. The summed E-state index contributed by atoms with van der Waals surface area (Å²) in [6.45, 7) is 0.666. The van der Waals surface area contributed by atoms with Crippen LogP contribution in [0.25, 0.3) is 0 Å². The van der Waals surface area contributed by atoms with Crippen molar-refractivity contribution >= 4 is 5.91 Å². The summed E-state index contributed by atoms with van der Waals surface area (Å²) in [5.74, 6) is 2.97. The molecule has 0 fully saturated rings. The number of phenols is 1. The van der Waals surface area contributed by atoms with Gasteiger partial charge in [-0.05, 0) is 12.1 Å². The van der Waals surface area contributed by atoms with E-state index in [0.717, 1.165) is 0 Å². The fourth-order valence-electron chi connectivity index (χ4n) is 2.00. The third kappa shape index (κ3) is 4.77. The Kier molecular flexibility index (Phi) is 5.37. The summed E-state index contributed by atoms with van der Waals surface area (Å²) in [4.78, 5) is 11.7. The summed E-state index contributed by atoms with van der Waals surface area (Å²) < 4.78 is 5.37. The maximum absolute atomic E-state index is 11.7. The van der Waals surface area contributed by atoms with Gasteiger partial charge in [0, 0.05) is 25.7 Å². The number of hydrogen-bond acceptors (Lipinski definition) is 5. The van der Waals surface area contributed by atoms with Crippen LogP contribution in [0.3, 0.4) is 0 Å². The summed E-state index contributed by atoms with van der Waals surface area (Å²) in [6.07, 6.45) is 7.47. The molecule has 0 saturated carbocycles. The molecule has 0 aliphatic carbocycles. The van der Waals surface area contributed by atoms with Crippen LogP contribution >= 0.6 is 0 Å². The van der Waals surface area contributed by atoms with Crippen molar-refractivity contribution in [3.63, 3.8) is 0 Å². The zero-order chi connectivity index (χ0) is 15.8. The maximum atomic E-state index is 11.7. The Morgan fingerprint density at radius 1 is 1.36 bits per heavy atom. The molecule has 6 heteroatoms. The van der Waals surface area contributed by atoms with Crippen molar-refractivity contribution in [1.82, 2.24) is 5.32 Å². The van der Waals surface area contributed by atoms with Crippen LogP contribution in [0.5, 0.6) is 11.5 Å². The molecule has 0 spiro atoms. The van der Waals surface area contributed by atoms with E-state index >= 15 is 0 Å². The molecule has 1 aromatic carbocycles. The first-order chi connectivity index (χ1) is 10.7. The van der Waals surface area contributed by atoms with Crippen molar-refractivity contribution < 1.29 is 14.6 Å². The molecule has 22 heavy (non-hydrogen) atoms. The number of terminal acetylenes is 1. The molecule has 0 atom stereocenters. The van der Waals surface area contributed by atoms with Gasteiger partial charge >= 0.3 is 0 Å². The van der Waals surface area contributed by atoms with Gasteiger partial charge in [0.05, 0.1) is 6.54 Å². The lowest BCUT2D eigenvalue weighted by molar-refractivity contribution is -0.121. The van der Waals surface area contributed by atoms with E-state index < -0.39 is 5.66 Å². The van der Waals surface area contributed by atoms with Gasteiger partial charge in [-0.25, -0.2) is 0 Å². The maximum Gasteiger partial charge on any atom is 0.220 e. The number of benzene rings is 1. The number of nitrogens with zero attached hydrogens (tertiary/aromatic N) is 2. The first kappa shape index (κ1) is 15.8. The zero-order valence-corrected chi connectivity index (χ0v) is 12.3. The van der Waals surface area contributed by atoms with Gasteiger partial charge in [-0.1, -0.05) is 12.1 Å². The van der Waals surface area contributed by atoms with E-state index in [4.69, 9.17) is 11.2 Å². The van der Waals surface area contributed by atoms with Crippen LogP contribution in [-0.4, -0.2) is 29.8 Å². The Bertz CT molecular complexity index is 587. The number of phenolic OH excluding ortho intramolecular Hbond substituents is 1. The number of hydrogen-bond donors (Lipinski definition) is 2. The average molecular weight is 301 g/mol. The van der Waals surface area contributed by atoms with E-state index in [9.17, 15) is 9.90 Å². The van der Waals surface area contributed by atoms with Crippen molar-refractivity contribution in [2.24, 2.45) is 10.2 Å². The fourth-order valence-corrected chi connectivity index (χ4v) is 2.00. The van der Waals surface area contributed by atoms with E-state index in [-0.39, 0.29) is 11.7 Å². The summed E-state index contributed by atoms with van der Waals surface area (Å²) in [7, 11) is 0. The molecule has 2 rings (SSSR count). The third-order valence-corrected chi connectivity index (χ3v) is 3.35. The minimum atomic E-state index is -0.421. The second-order valence-electron chi connectivity index (χ2n) is 5.05. The molecule has 0 radical (unpaired) electrons. The predicted molar refractivity (Wildman–Crippen MR) is 81.5 cm³/mol. The molecule has 0 aromatic heterocycles. The van der Waals surface area contributed by atoms with Crippen molar-refractivity contribution in [2.45, 2.75) is 31.3 Å². The number of rotatable bonds is 9. The van der Waals surface area contributed by atoms with Gasteiger partial charge in [0.1, 0.15) is 6.61 Å². The number of amides is 1. The van der Waals surface area contributed by atoms with E-state index in [1.54, 1.807) is 24.3 Å². The molecule has 6 nitrogen and oxygen atoms in total. The van der Waals surface area contributed by atoms with Crippen LogP contribution in [0.2, 0.25) is 0 Å². The highest BCUT2D eigenvalue weighted by molar-refractivity contribution is 5.75. The highest BCUT2D eigenvalue weighted by atomic mass is 16.5. The van der Waals surface area contributed by atoms with E-state index in [0.29, 0.717) is 44.6 Å². The molecule has 1 amide bonds. The topological polar surface area (TPSA) is 83.3 Å². The molecule has 1 heterocycles. The van der Waals surface area contributed by atoms with Crippen LogP contribution in [0.1, 0.15) is 25.7 Å². The molecule has 1 aliphatic rings. The summed E-state index contributed by atoms with van der Waals surface area (Å²) in [5, 5.41) is 20.3. The van der Waals surface area contributed by atoms with Gasteiger partial charge in [0.15, 0.2) is 17.2 Å². The van der Waals surface area contributed by atoms with Crippen molar-refractivity contribution in [3.8, 4) is 23.8 Å². The fraction of sp³-hybridized carbons (Fsp3) is 0.438. The van der Waals surface area contributed by atoms with Gasteiger partial charge in [-0.15, -0.1) is 12.3 Å². The highest BCUT2D eigenvalue weighted by Crippen LogP contribution is 2.37. The summed E-state index contributed by atoms with van der Waals surface area (Å²) in [6, 6.07) is 6.70.